The van der Waals surface area contributed by atoms with Crippen LogP contribution < -0.4 is 0 Å². The van der Waals surface area contributed by atoms with Crippen molar-refractivity contribution in [2.24, 2.45) is 10.9 Å². The topological polar surface area (TPSA) is 80.6 Å². The Balaban J connectivity index is 1.39. The lowest BCUT2D eigenvalue weighted by atomic mass is 9.98. The summed E-state index contributed by atoms with van der Waals surface area (Å²) in [6, 6.07) is 12.0. The first-order valence-electron chi connectivity index (χ1n) is 12.1. The van der Waals surface area contributed by atoms with Crippen molar-refractivity contribution in [2.45, 2.75) is 32.5 Å². The minimum Gasteiger partial charge on any atom is -0.480 e. The van der Waals surface area contributed by atoms with E-state index in [1.165, 1.54) is 12.1 Å². The second kappa shape index (κ2) is 8.58. The second-order valence-electron chi connectivity index (χ2n) is 9.76. The monoisotopic (exact) mass is 517 g/mol. The van der Waals surface area contributed by atoms with Gasteiger partial charge in [-0.25, -0.2) is 9.48 Å². The number of hydrogen-bond donors (Lipinski definition) is 1. The highest BCUT2D eigenvalue weighted by Crippen LogP contribution is 2.37. The van der Waals surface area contributed by atoms with E-state index in [-0.39, 0.29) is 11.3 Å². The molecule has 6 rings (SSSR count). The van der Waals surface area contributed by atoms with Crippen molar-refractivity contribution >= 4 is 50.4 Å². The summed E-state index contributed by atoms with van der Waals surface area (Å²) in [5.41, 5.74) is 2.72. The van der Waals surface area contributed by atoms with Gasteiger partial charge in [0.2, 0.25) is 0 Å². The van der Waals surface area contributed by atoms with Crippen LogP contribution in [0.25, 0.3) is 44.4 Å². The Hall–Kier alpha value is -4.40. The zero-order valence-electron chi connectivity index (χ0n) is 20.5. The maximum atomic E-state index is 13.5. The van der Waals surface area contributed by atoms with Gasteiger partial charge in [-0.2, -0.15) is 18.3 Å². The van der Waals surface area contributed by atoms with Gasteiger partial charge >= 0.3 is 12.1 Å². The van der Waals surface area contributed by atoms with E-state index in [0.29, 0.717) is 40.1 Å². The van der Waals surface area contributed by atoms with Gasteiger partial charge in [-0.15, -0.1) is 0 Å². The highest BCUT2D eigenvalue weighted by molar-refractivity contribution is 6.07. The van der Waals surface area contributed by atoms with Crippen LogP contribution in [0.1, 0.15) is 30.7 Å². The van der Waals surface area contributed by atoms with Crippen LogP contribution in [0.5, 0.6) is 0 Å². The molecule has 0 amide bonds. The summed E-state index contributed by atoms with van der Waals surface area (Å²) in [6.07, 6.45) is 1.35. The molecule has 0 bridgehead atoms. The quantitative estimate of drug-likeness (QED) is 0.277. The third-order valence-electron chi connectivity index (χ3n) is 6.89. The average Bonchev–Trinajstić information content (AvgIpc) is 3.47. The highest BCUT2D eigenvalue weighted by Gasteiger charge is 2.32. The number of fused-ring (bicyclic) bond motifs is 6. The molecule has 0 aliphatic heterocycles. The third kappa shape index (κ3) is 3.95. The highest BCUT2D eigenvalue weighted by atomic mass is 19.4. The Kier molecular flexibility index (Phi) is 5.41. The normalized spacial score (nSPS) is 15.7. The van der Waals surface area contributed by atoms with Crippen LogP contribution in [0.15, 0.2) is 70.2 Å². The first-order valence-corrected chi connectivity index (χ1v) is 12.1. The molecule has 0 spiro atoms. The molecule has 1 aliphatic carbocycles. The molecule has 2 heterocycles. The van der Waals surface area contributed by atoms with Crippen molar-refractivity contribution < 1.29 is 27.5 Å². The number of nitrogens with zero attached hydrogens (tertiary/aromatic N) is 3. The maximum Gasteiger partial charge on any atom is 0.417 e. The van der Waals surface area contributed by atoms with Gasteiger partial charge in [-0.1, -0.05) is 38.1 Å². The number of benzene rings is 3. The molecule has 6 nitrogen and oxygen atoms in total. The SMILES string of the molecule is CC(C)[C@@H](N=C1C=Cc2oc3cc(-n4cc5ccc6c(C(F)(F)F)cccc6c5n4)ccc3c2C1)C(=O)O. The molecule has 1 N–H and O–H groups in total. The number of hydrogen-bond acceptors (Lipinski definition) is 4. The van der Waals surface area contributed by atoms with E-state index in [0.717, 1.165) is 22.4 Å². The van der Waals surface area contributed by atoms with E-state index in [2.05, 4.69) is 10.1 Å². The van der Waals surface area contributed by atoms with Crippen LogP contribution in [-0.2, 0) is 17.4 Å². The molecule has 192 valence electrons. The molecule has 1 atom stereocenters. The number of furan rings is 1. The number of alkyl halides is 3. The summed E-state index contributed by atoms with van der Waals surface area (Å²) in [6.45, 7) is 3.65. The van der Waals surface area contributed by atoms with Crippen molar-refractivity contribution in [1.82, 2.24) is 9.78 Å². The summed E-state index contributed by atoms with van der Waals surface area (Å²) in [5, 5.41) is 16.3. The number of aliphatic carboxylic acids is 1. The van der Waals surface area contributed by atoms with Crippen LogP contribution in [0.4, 0.5) is 13.2 Å². The molecule has 3 aromatic carbocycles. The van der Waals surface area contributed by atoms with Crippen LogP contribution in [0, 0.1) is 5.92 Å². The number of aliphatic imine (C=N–C) groups is 1. The van der Waals surface area contributed by atoms with E-state index in [9.17, 15) is 23.1 Å². The van der Waals surface area contributed by atoms with Crippen LogP contribution in [-0.4, -0.2) is 32.6 Å². The largest absolute Gasteiger partial charge is 0.480 e. The van der Waals surface area contributed by atoms with Gasteiger partial charge < -0.3 is 9.52 Å². The summed E-state index contributed by atoms with van der Waals surface area (Å²) in [5.74, 6) is -0.411. The average molecular weight is 518 g/mol. The molecule has 0 radical (unpaired) electrons. The third-order valence-corrected chi connectivity index (χ3v) is 6.89. The smallest absolute Gasteiger partial charge is 0.417 e. The molecule has 0 unspecified atom stereocenters. The summed E-state index contributed by atoms with van der Waals surface area (Å²) < 4.78 is 48.3. The van der Waals surface area contributed by atoms with Gasteiger partial charge in [0, 0.05) is 46.1 Å². The molecular weight excluding hydrogens is 495 g/mol. The standard InChI is InChI=1S/C29H22F3N3O3/c1-15(2)26(28(36)37)33-17-7-11-24-22(12-17)20-10-8-18(13-25(20)38-24)35-14-16-6-9-19-21(27(16)34-35)4-3-5-23(19)29(30,31)32/h3-11,13-15,26H,12H2,1-2H3,(H,36,37)/t26-/m1/s1. The Labute approximate surface area is 214 Å². The van der Waals surface area contributed by atoms with Gasteiger partial charge in [-0.05, 0) is 41.7 Å². The van der Waals surface area contributed by atoms with Crippen molar-refractivity contribution in [1.29, 1.82) is 0 Å². The number of halogens is 3. The molecule has 0 saturated carbocycles. The molecule has 38 heavy (non-hydrogen) atoms. The molecule has 1 aliphatic rings. The Morgan fingerprint density at radius 2 is 1.87 bits per heavy atom. The summed E-state index contributed by atoms with van der Waals surface area (Å²) in [4.78, 5) is 16.0. The number of carboxylic acid groups (broad SMARTS) is 1. The van der Waals surface area contributed by atoms with E-state index < -0.39 is 23.8 Å². The first-order chi connectivity index (χ1) is 18.1. The lowest BCUT2D eigenvalue weighted by Crippen LogP contribution is -2.26. The van der Waals surface area contributed by atoms with Crippen molar-refractivity contribution in [3.63, 3.8) is 0 Å². The number of allylic oxidation sites excluding steroid dienone is 1. The van der Waals surface area contributed by atoms with Crippen molar-refractivity contribution in [3.05, 3.63) is 77.7 Å². The van der Waals surface area contributed by atoms with Crippen molar-refractivity contribution in [2.75, 3.05) is 0 Å². The molecule has 9 heteroatoms. The molecule has 2 aromatic heterocycles. The molecule has 0 fully saturated rings. The maximum absolute atomic E-state index is 13.5. The summed E-state index contributed by atoms with van der Waals surface area (Å²) >= 11 is 0. The fraction of sp³-hybridized carbons (Fsp3) is 0.207. The predicted octanol–water partition coefficient (Wildman–Crippen LogP) is 7.06. The minimum atomic E-state index is -4.46. The Morgan fingerprint density at radius 3 is 2.61 bits per heavy atom. The van der Waals surface area contributed by atoms with Crippen molar-refractivity contribution in [3.8, 4) is 5.69 Å². The van der Waals surface area contributed by atoms with Gasteiger partial charge in [0.1, 0.15) is 22.9 Å². The number of carbonyl (C=O) groups is 1. The van der Waals surface area contributed by atoms with E-state index in [1.54, 1.807) is 35.2 Å². The zero-order chi connectivity index (χ0) is 26.8. The predicted molar refractivity (Wildman–Crippen MR) is 140 cm³/mol. The minimum absolute atomic E-state index is 0.110. The lowest BCUT2D eigenvalue weighted by Gasteiger charge is -2.14. The number of rotatable bonds is 4. The number of aromatic nitrogens is 2. The van der Waals surface area contributed by atoms with E-state index in [4.69, 9.17) is 4.42 Å². The van der Waals surface area contributed by atoms with Gasteiger partial charge in [0.05, 0.1) is 11.3 Å². The summed E-state index contributed by atoms with van der Waals surface area (Å²) in [7, 11) is 0. The van der Waals surface area contributed by atoms with Crippen LogP contribution >= 0.6 is 0 Å². The fourth-order valence-corrected chi connectivity index (χ4v) is 5.01. The van der Waals surface area contributed by atoms with Gasteiger partial charge in [0.15, 0.2) is 0 Å². The Morgan fingerprint density at radius 1 is 1.08 bits per heavy atom. The van der Waals surface area contributed by atoms with Crippen LogP contribution in [0.2, 0.25) is 0 Å². The van der Waals surface area contributed by atoms with E-state index in [1.807, 2.05) is 32.0 Å². The first kappa shape index (κ1) is 24.0. The lowest BCUT2D eigenvalue weighted by molar-refractivity contribution is -0.139. The van der Waals surface area contributed by atoms with E-state index >= 15 is 0 Å². The second-order valence-corrected chi connectivity index (χ2v) is 9.76. The molecule has 5 aromatic rings. The Bertz CT molecular complexity index is 1810. The van der Waals surface area contributed by atoms with Gasteiger partial charge in [-0.3, -0.25) is 4.99 Å². The molecule has 0 saturated heterocycles. The fourth-order valence-electron chi connectivity index (χ4n) is 5.01. The zero-order valence-corrected chi connectivity index (χ0v) is 20.5. The van der Waals surface area contributed by atoms with Gasteiger partial charge in [0.25, 0.3) is 0 Å². The number of carboxylic acids is 1. The van der Waals surface area contributed by atoms with Crippen LogP contribution in [0.3, 0.4) is 0 Å². The molecular formula is C29H22F3N3O3.